The number of carbonyl (C=O) groups is 2. The normalized spacial score (nSPS) is 17.1. The number of thioether (sulfide) groups is 1. The van der Waals surface area contributed by atoms with E-state index in [1.807, 2.05) is 24.3 Å². The fourth-order valence-electron chi connectivity index (χ4n) is 2.45. The third kappa shape index (κ3) is 3.94. The quantitative estimate of drug-likeness (QED) is 0.735. The Labute approximate surface area is 153 Å². The Kier molecular flexibility index (Phi) is 5.48. The van der Waals surface area contributed by atoms with Crippen LogP contribution in [-0.4, -0.2) is 30.3 Å². The lowest BCUT2D eigenvalue weighted by Crippen LogP contribution is -2.35. The van der Waals surface area contributed by atoms with Gasteiger partial charge in [-0.2, -0.15) is 0 Å². The molecule has 1 aromatic carbocycles. The zero-order valence-corrected chi connectivity index (χ0v) is 15.4. The Balaban J connectivity index is 1.69. The van der Waals surface area contributed by atoms with Crippen molar-refractivity contribution < 1.29 is 14.3 Å². The summed E-state index contributed by atoms with van der Waals surface area (Å²) in [5.41, 5.74) is 0.882. The molecule has 0 N–H and O–H groups in total. The van der Waals surface area contributed by atoms with Crippen LogP contribution in [0.5, 0.6) is 0 Å². The first-order valence-electron chi connectivity index (χ1n) is 7.53. The first kappa shape index (κ1) is 17.3. The Morgan fingerprint density at radius 3 is 2.83 bits per heavy atom. The fraction of sp³-hybridized carbons (Fsp3) is 0.294. The number of hydrogen-bond donors (Lipinski definition) is 0. The van der Waals surface area contributed by atoms with Crippen LogP contribution in [-0.2, 0) is 9.53 Å². The molecule has 1 atom stereocenters. The van der Waals surface area contributed by atoms with E-state index in [1.165, 1.54) is 0 Å². The maximum atomic E-state index is 12.6. The molecular formula is C17H16ClNO3S2. The monoisotopic (exact) mass is 381 g/mol. The summed E-state index contributed by atoms with van der Waals surface area (Å²) in [6.07, 6.45) is 0.888. The van der Waals surface area contributed by atoms with E-state index in [0.29, 0.717) is 21.0 Å². The topological polar surface area (TPSA) is 46.6 Å². The molecule has 1 aromatic heterocycles. The number of hydrogen-bond acceptors (Lipinski definition) is 5. The Morgan fingerprint density at radius 1 is 1.29 bits per heavy atom. The second-order valence-electron chi connectivity index (χ2n) is 5.41. The van der Waals surface area contributed by atoms with Gasteiger partial charge in [0.1, 0.15) is 4.88 Å². The number of esters is 1. The van der Waals surface area contributed by atoms with Gasteiger partial charge in [0.15, 0.2) is 6.61 Å². The molecule has 0 radical (unpaired) electrons. The van der Waals surface area contributed by atoms with Crippen molar-refractivity contribution in [1.82, 2.24) is 0 Å². The smallest absolute Gasteiger partial charge is 0.348 e. The van der Waals surface area contributed by atoms with Gasteiger partial charge in [0.05, 0.1) is 10.0 Å². The number of benzene rings is 1. The first-order valence-corrected chi connectivity index (χ1v) is 9.60. The van der Waals surface area contributed by atoms with Gasteiger partial charge in [-0.05, 0) is 30.7 Å². The molecule has 0 saturated carbocycles. The molecule has 1 amide bonds. The summed E-state index contributed by atoms with van der Waals surface area (Å²) < 4.78 is 5.67. The lowest BCUT2D eigenvalue weighted by molar-refractivity contribution is -0.121. The van der Waals surface area contributed by atoms with Crippen molar-refractivity contribution >= 4 is 52.3 Å². The summed E-state index contributed by atoms with van der Waals surface area (Å²) in [5.74, 6) is -0.737. The third-order valence-corrected chi connectivity index (χ3v) is 6.09. The molecule has 0 saturated heterocycles. The summed E-state index contributed by atoms with van der Waals surface area (Å²) in [5, 5.41) is 0.430. The van der Waals surface area contributed by atoms with Crippen LogP contribution in [0.15, 0.2) is 41.3 Å². The zero-order chi connectivity index (χ0) is 17.1. The van der Waals surface area contributed by atoms with Crippen LogP contribution in [0.4, 0.5) is 5.69 Å². The molecule has 24 heavy (non-hydrogen) atoms. The second-order valence-corrected chi connectivity index (χ2v) is 8.61. The molecule has 0 bridgehead atoms. The van der Waals surface area contributed by atoms with Gasteiger partial charge in [-0.1, -0.05) is 30.7 Å². The van der Waals surface area contributed by atoms with Crippen LogP contribution in [0.25, 0.3) is 0 Å². The summed E-state index contributed by atoms with van der Waals surface area (Å²) in [6.45, 7) is 2.49. The molecule has 1 aliphatic rings. The average Bonchev–Trinajstić information content (AvgIpc) is 2.92. The Bertz CT molecular complexity index is 762. The molecule has 2 heterocycles. The molecule has 1 unspecified atom stereocenters. The standard InChI is InChI=1S/C17H16ClNO3S2/c1-11-8-9-19(12-4-2-3-5-13(12)23-11)16(20)10-22-17(21)14-6-7-15(18)24-14/h2-7,11H,8-10H2,1H3. The predicted molar refractivity (Wildman–Crippen MR) is 98.3 cm³/mol. The predicted octanol–water partition coefficient (Wildman–Crippen LogP) is 4.48. The first-order chi connectivity index (χ1) is 11.5. The van der Waals surface area contributed by atoms with Gasteiger partial charge in [-0.3, -0.25) is 4.79 Å². The zero-order valence-electron chi connectivity index (χ0n) is 13.0. The molecule has 3 rings (SSSR count). The maximum absolute atomic E-state index is 12.6. The van der Waals surface area contributed by atoms with Crippen molar-refractivity contribution in [2.24, 2.45) is 0 Å². The van der Waals surface area contributed by atoms with E-state index in [-0.39, 0.29) is 12.5 Å². The molecule has 0 aliphatic carbocycles. The summed E-state index contributed by atoms with van der Waals surface area (Å²) in [7, 11) is 0. The van der Waals surface area contributed by atoms with Gasteiger partial charge in [-0.15, -0.1) is 23.1 Å². The van der Waals surface area contributed by atoms with Crippen LogP contribution in [0.2, 0.25) is 4.34 Å². The molecule has 1 aliphatic heterocycles. The number of fused-ring (bicyclic) bond motifs is 1. The van der Waals surface area contributed by atoms with Gasteiger partial charge >= 0.3 is 5.97 Å². The van der Waals surface area contributed by atoms with E-state index in [1.54, 1.807) is 28.8 Å². The van der Waals surface area contributed by atoms with Crippen molar-refractivity contribution in [2.75, 3.05) is 18.1 Å². The highest BCUT2D eigenvalue weighted by Crippen LogP contribution is 2.37. The minimum atomic E-state index is -0.522. The van der Waals surface area contributed by atoms with Crippen molar-refractivity contribution in [2.45, 2.75) is 23.5 Å². The van der Waals surface area contributed by atoms with E-state index in [0.717, 1.165) is 28.3 Å². The summed E-state index contributed by atoms with van der Waals surface area (Å²) in [6, 6.07) is 11.1. The van der Waals surface area contributed by atoms with Crippen LogP contribution in [0, 0.1) is 0 Å². The fourth-order valence-corrected chi connectivity index (χ4v) is 4.50. The maximum Gasteiger partial charge on any atom is 0.348 e. The van der Waals surface area contributed by atoms with Crippen LogP contribution >= 0.6 is 34.7 Å². The SMILES string of the molecule is CC1CCN(C(=O)COC(=O)c2ccc(Cl)s2)c2ccccc2S1. The molecular weight excluding hydrogens is 366 g/mol. The lowest BCUT2D eigenvalue weighted by atomic mass is 10.2. The van der Waals surface area contributed by atoms with Gasteiger partial charge in [-0.25, -0.2) is 4.79 Å². The van der Waals surface area contributed by atoms with Crippen LogP contribution in [0.3, 0.4) is 0 Å². The van der Waals surface area contributed by atoms with Gasteiger partial charge in [0.25, 0.3) is 5.91 Å². The number of nitrogens with zero attached hydrogens (tertiary/aromatic N) is 1. The van der Waals surface area contributed by atoms with E-state index in [4.69, 9.17) is 16.3 Å². The number of ether oxygens (including phenoxy) is 1. The average molecular weight is 382 g/mol. The van der Waals surface area contributed by atoms with Crippen LogP contribution in [0.1, 0.15) is 23.0 Å². The summed E-state index contributed by atoms with van der Waals surface area (Å²) in [4.78, 5) is 27.7. The molecule has 2 aromatic rings. The summed E-state index contributed by atoms with van der Waals surface area (Å²) >= 11 is 8.71. The highest BCUT2D eigenvalue weighted by atomic mass is 35.5. The number of carbonyl (C=O) groups excluding carboxylic acids is 2. The molecule has 126 valence electrons. The number of thiophene rings is 1. The molecule has 7 heteroatoms. The van der Waals surface area contributed by atoms with E-state index in [9.17, 15) is 9.59 Å². The Morgan fingerprint density at radius 2 is 2.08 bits per heavy atom. The third-order valence-electron chi connectivity index (χ3n) is 3.65. The largest absolute Gasteiger partial charge is 0.451 e. The minimum absolute atomic E-state index is 0.215. The highest BCUT2D eigenvalue weighted by Gasteiger charge is 2.25. The highest BCUT2D eigenvalue weighted by molar-refractivity contribution is 8.00. The van der Waals surface area contributed by atoms with Crippen molar-refractivity contribution in [1.29, 1.82) is 0 Å². The lowest BCUT2D eigenvalue weighted by Gasteiger charge is -2.22. The van der Waals surface area contributed by atoms with Gasteiger partial charge in [0, 0.05) is 16.7 Å². The number of halogens is 1. The second kappa shape index (κ2) is 7.59. The van der Waals surface area contributed by atoms with Crippen molar-refractivity contribution in [3.05, 3.63) is 45.6 Å². The van der Waals surface area contributed by atoms with Crippen molar-refractivity contribution in [3.63, 3.8) is 0 Å². The Hall–Kier alpha value is -1.50. The number of para-hydroxylation sites is 1. The van der Waals surface area contributed by atoms with Gasteiger partial charge in [0.2, 0.25) is 0 Å². The molecule has 4 nitrogen and oxygen atoms in total. The molecule has 0 spiro atoms. The van der Waals surface area contributed by atoms with E-state index < -0.39 is 5.97 Å². The van der Waals surface area contributed by atoms with Crippen molar-refractivity contribution in [3.8, 4) is 0 Å². The number of rotatable bonds is 3. The number of anilines is 1. The molecule has 0 fully saturated rings. The number of amides is 1. The van der Waals surface area contributed by atoms with Gasteiger partial charge < -0.3 is 9.64 Å². The minimum Gasteiger partial charge on any atom is -0.451 e. The van der Waals surface area contributed by atoms with E-state index >= 15 is 0 Å². The van der Waals surface area contributed by atoms with Crippen LogP contribution < -0.4 is 4.90 Å². The van der Waals surface area contributed by atoms with E-state index in [2.05, 4.69) is 6.92 Å².